The molecule has 1 atom stereocenters. The third kappa shape index (κ3) is 4.22. The number of carbonyl (C=O) groups excluding carboxylic acids is 2. The predicted octanol–water partition coefficient (Wildman–Crippen LogP) is 2.17. The van der Waals surface area contributed by atoms with Crippen LogP contribution in [0.25, 0.3) is 5.57 Å². The highest BCUT2D eigenvalue weighted by Crippen LogP contribution is 2.24. The molecule has 0 radical (unpaired) electrons. The van der Waals surface area contributed by atoms with Gasteiger partial charge in [0.1, 0.15) is 6.10 Å². The van der Waals surface area contributed by atoms with Gasteiger partial charge in [0.05, 0.1) is 19.4 Å². The Morgan fingerprint density at radius 2 is 2.04 bits per heavy atom. The number of hydrogen-bond acceptors (Lipinski definition) is 5. The fraction of sp³-hybridized carbons (Fsp3) is 0.421. The second kappa shape index (κ2) is 8.03. The van der Waals surface area contributed by atoms with Crippen molar-refractivity contribution in [2.24, 2.45) is 5.16 Å². The van der Waals surface area contributed by atoms with E-state index in [0.717, 1.165) is 23.3 Å². The summed E-state index contributed by atoms with van der Waals surface area (Å²) in [5, 5.41) is 6.88. The topological polar surface area (TPSA) is 80.2 Å². The molecule has 0 bridgehead atoms. The van der Waals surface area contributed by atoms with E-state index >= 15 is 0 Å². The predicted molar refractivity (Wildman–Crippen MR) is 97.7 cm³/mol. The highest BCUT2D eigenvalue weighted by atomic mass is 16.6. The van der Waals surface area contributed by atoms with Gasteiger partial charge in [0.25, 0.3) is 0 Å². The summed E-state index contributed by atoms with van der Waals surface area (Å²) >= 11 is 0. The quantitative estimate of drug-likeness (QED) is 0.896. The van der Waals surface area contributed by atoms with Gasteiger partial charge in [-0.05, 0) is 23.1 Å². The van der Waals surface area contributed by atoms with Gasteiger partial charge >= 0.3 is 6.09 Å². The number of ether oxygens (including phenoxy) is 1. The van der Waals surface area contributed by atoms with Crippen molar-refractivity contribution in [3.05, 3.63) is 41.5 Å². The van der Waals surface area contributed by atoms with Gasteiger partial charge in [-0.3, -0.25) is 4.79 Å². The molecule has 26 heavy (non-hydrogen) atoms. The van der Waals surface area contributed by atoms with Gasteiger partial charge in [-0.25, -0.2) is 4.79 Å². The molecular formula is C19H23N3O4. The summed E-state index contributed by atoms with van der Waals surface area (Å²) < 4.78 is 4.75. The molecule has 3 rings (SSSR count). The van der Waals surface area contributed by atoms with Crippen LogP contribution in [-0.2, 0) is 14.4 Å². The van der Waals surface area contributed by atoms with Gasteiger partial charge in [0.2, 0.25) is 5.91 Å². The third-order valence-electron chi connectivity index (χ3n) is 4.54. The van der Waals surface area contributed by atoms with Crippen molar-refractivity contribution in [3.8, 4) is 0 Å². The van der Waals surface area contributed by atoms with E-state index in [0.29, 0.717) is 26.1 Å². The Morgan fingerprint density at radius 1 is 1.31 bits per heavy atom. The van der Waals surface area contributed by atoms with Crippen molar-refractivity contribution in [2.45, 2.75) is 25.9 Å². The third-order valence-corrected chi connectivity index (χ3v) is 4.54. The van der Waals surface area contributed by atoms with Crippen LogP contribution in [0.5, 0.6) is 0 Å². The Bertz CT molecular complexity index is 740. The van der Waals surface area contributed by atoms with E-state index in [1.165, 1.54) is 19.6 Å². The highest BCUT2D eigenvalue weighted by molar-refractivity contribution is 6.01. The van der Waals surface area contributed by atoms with Gasteiger partial charge in [-0.1, -0.05) is 35.5 Å². The summed E-state index contributed by atoms with van der Waals surface area (Å²) in [5.41, 5.74) is 4.28. The molecule has 7 heteroatoms. The minimum atomic E-state index is -0.288. The van der Waals surface area contributed by atoms with Crippen LogP contribution in [0.4, 0.5) is 4.79 Å². The van der Waals surface area contributed by atoms with E-state index in [1.807, 2.05) is 12.1 Å². The number of rotatable bonds is 4. The molecule has 7 nitrogen and oxygen atoms in total. The largest absolute Gasteiger partial charge is 0.453 e. The van der Waals surface area contributed by atoms with E-state index in [4.69, 9.17) is 9.57 Å². The van der Waals surface area contributed by atoms with Gasteiger partial charge in [-0.15, -0.1) is 0 Å². The Hall–Kier alpha value is -2.83. The molecule has 1 aromatic carbocycles. The molecule has 0 fully saturated rings. The van der Waals surface area contributed by atoms with Gasteiger partial charge < -0.3 is 19.8 Å². The van der Waals surface area contributed by atoms with Gasteiger partial charge in [0.15, 0.2) is 0 Å². The second-order valence-corrected chi connectivity index (χ2v) is 6.38. The van der Waals surface area contributed by atoms with Crippen LogP contribution >= 0.6 is 0 Å². The fourth-order valence-electron chi connectivity index (χ4n) is 3.07. The minimum absolute atomic E-state index is 0.0714. The lowest BCUT2D eigenvalue weighted by Crippen LogP contribution is -2.34. The molecule has 0 aliphatic carbocycles. The zero-order valence-electron chi connectivity index (χ0n) is 15.0. The summed E-state index contributed by atoms with van der Waals surface area (Å²) in [6.45, 7) is 3.17. The van der Waals surface area contributed by atoms with Crippen molar-refractivity contribution in [2.75, 3.05) is 26.7 Å². The molecule has 2 aliphatic heterocycles. The van der Waals surface area contributed by atoms with E-state index in [-0.39, 0.29) is 18.1 Å². The molecule has 1 N–H and O–H groups in total. The van der Waals surface area contributed by atoms with Crippen LogP contribution in [0.1, 0.15) is 30.9 Å². The lowest BCUT2D eigenvalue weighted by Gasteiger charge is -2.25. The van der Waals surface area contributed by atoms with Crippen LogP contribution in [0.15, 0.2) is 35.5 Å². The van der Waals surface area contributed by atoms with Crippen LogP contribution in [0.2, 0.25) is 0 Å². The highest BCUT2D eigenvalue weighted by Gasteiger charge is 2.23. The molecule has 0 unspecified atom stereocenters. The molecule has 1 aromatic rings. The number of benzene rings is 1. The maximum atomic E-state index is 11.5. The minimum Gasteiger partial charge on any atom is -0.453 e. The molecular weight excluding hydrogens is 334 g/mol. The van der Waals surface area contributed by atoms with Crippen molar-refractivity contribution < 1.29 is 19.2 Å². The monoisotopic (exact) mass is 357 g/mol. The van der Waals surface area contributed by atoms with Crippen molar-refractivity contribution in [3.63, 3.8) is 0 Å². The van der Waals surface area contributed by atoms with Crippen LogP contribution in [0, 0.1) is 0 Å². The van der Waals surface area contributed by atoms with Gasteiger partial charge in [0, 0.05) is 26.4 Å². The smallest absolute Gasteiger partial charge is 0.409 e. The maximum absolute atomic E-state index is 11.5. The molecule has 0 aromatic heterocycles. The number of methoxy groups -OCH3 is 1. The zero-order chi connectivity index (χ0) is 18.5. The number of oxime groups is 1. The first-order chi connectivity index (χ1) is 12.6. The normalized spacial score (nSPS) is 19.3. The van der Waals surface area contributed by atoms with Crippen molar-refractivity contribution >= 4 is 23.3 Å². The number of hydrogen-bond donors (Lipinski definition) is 1. The molecule has 0 spiro atoms. The van der Waals surface area contributed by atoms with Gasteiger partial charge in [-0.2, -0.15) is 0 Å². The Morgan fingerprint density at radius 3 is 2.65 bits per heavy atom. The average molecular weight is 357 g/mol. The SMILES string of the molecule is COC(=O)N1CC=C(c2ccc(C3=NO[C@@H](CNC(C)=O)C3)cc2)CC1. The first kappa shape index (κ1) is 18.0. The van der Waals surface area contributed by atoms with Crippen LogP contribution in [0.3, 0.4) is 0 Å². The Kier molecular flexibility index (Phi) is 5.55. The van der Waals surface area contributed by atoms with Crippen molar-refractivity contribution in [1.82, 2.24) is 10.2 Å². The second-order valence-electron chi connectivity index (χ2n) is 6.38. The van der Waals surface area contributed by atoms with E-state index in [2.05, 4.69) is 28.7 Å². The van der Waals surface area contributed by atoms with E-state index < -0.39 is 0 Å². The molecule has 2 aliphatic rings. The van der Waals surface area contributed by atoms with E-state index in [1.54, 1.807) is 4.90 Å². The summed E-state index contributed by atoms with van der Waals surface area (Å²) in [6, 6.07) is 8.20. The average Bonchev–Trinajstić information content (AvgIpc) is 3.15. The first-order valence-electron chi connectivity index (χ1n) is 8.66. The summed E-state index contributed by atoms with van der Waals surface area (Å²) in [6.07, 6.45) is 3.14. The van der Waals surface area contributed by atoms with Crippen LogP contribution in [-0.4, -0.2) is 55.5 Å². The molecule has 138 valence electrons. The number of carbonyl (C=O) groups is 2. The Labute approximate surface area is 152 Å². The molecule has 2 heterocycles. The molecule has 0 saturated carbocycles. The van der Waals surface area contributed by atoms with Crippen molar-refractivity contribution in [1.29, 1.82) is 0 Å². The molecule has 2 amide bonds. The summed E-state index contributed by atoms with van der Waals surface area (Å²) in [7, 11) is 1.40. The summed E-state index contributed by atoms with van der Waals surface area (Å²) in [4.78, 5) is 29.6. The zero-order valence-corrected chi connectivity index (χ0v) is 15.0. The number of nitrogens with one attached hydrogen (secondary N) is 1. The fourth-order valence-corrected chi connectivity index (χ4v) is 3.07. The Balaban J connectivity index is 1.59. The standard InChI is InChI=1S/C19H23N3O4/c1-13(23)20-12-17-11-18(21-26-17)16-5-3-14(4-6-16)15-7-9-22(10-8-15)19(24)25-2/h3-7,17H,8-12H2,1-2H3,(H,20,23)/t17-/m1/s1. The summed E-state index contributed by atoms with van der Waals surface area (Å²) in [5.74, 6) is -0.0714. The van der Waals surface area contributed by atoms with Crippen LogP contribution < -0.4 is 5.32 Å². The first-order valence-corrected chi connectivity index (χ1v) is 8.66. The maximum Gasteiger partial charge on any atom is 0.409 e. The lowest BCUT2D eigenvalue weighted by atomic mass is 9.96. The number of amides is 2. The lowest BCUT2D eigenvalue weighted by molar-refractivity contribution is -0.119. The number of nitrogens with zero attached hydrogens (tertiary/aromatic N) is 2. The van der Waals surface area contributed by atoms with E-state index in [9.17, 15) is 9.59 Å². The molecule has 0 saturated heterocycles.